The van der Waals surface area contributed by atoms with E-state index in [4.69, 9.17) is 0 Å². The summed E-state index contributed by atoms with van der Waals surface area (Å²) in [5.41, 5.74) is 2.50. The van der Waals surface area contributed by atoms with Gasteiger partial charge in [-0.15, -0.1) is 0 Å². The molecule has 6 heteroatoms. The van der Waals surface area contributed by atoms with Gasteiger partial charge in [-0.2, -0.15) is 0 Å². The Labute approximate surface area is 192 Å². The van der Waals surface area contributed by atoms with E-state index in [1.165, 1.54) is 25.7 Å². The highest BCUT2D eigenvalue weighted by Crippen LogP contribution is 2.29. The SMILES string of the molecule is O=C(Nc1ccc(N2CCN(C(=O)CCC3CCCC3)CC2)cc1)c1ccccc1Br. The van der Waals surface area contributed by atoms with E-state index in [-0.39, 0.29) is 5.91 Å². The van der Waals surface area contributed by atoms with Gasteiger partial charge in [-0.3, -0.25) is 9.59 Å². The number of benzene rings is 2. The van der Waals surface area contributed by atoms with E-state index in [9.17, 15) is 9.59 Å². The Hall–Kier alpha value is -2.34. The maximum Gasteiger partial charge on any atom is 0.256 e. The highest BCUT2D eigenvalue weighted by molar-refractivity contribution is 9.10. The monoisotopic (exact) mass is 483 g/mol. The molecule has 2 aromatic carbocycles. The van der Waals surface area contributed by atoms with E-state index in [0.717, 1.165) is 54.4 Å². The second-order valence-corrected chi connectivity index (χ2v) is 9.39. The molecule has 0 radical (unpaired) electrons. The molecule has 0 aromatic heterocycles. The number of amides is 2. The first-order chi connectivity index (χ1) is 15.1. The molecule has 1 saturated carbocycles. The second-order valence-electron chi connectivity index (χ2n) is 8.54. The minimum absolute atomic E-state index is 0.134. The van der Waals surface area contributed by atoms with Gasteiger partial charge in [0.25, 0.3) is 5.91 Å². The fourth-order valence-corrected chi connectivity index (χ4v) is 5.06. The Morgan fingerprint density at radius 2 is 1.61 bits per heavy atom. The van der Waals surface area contributed by atoms with Crippen LogP contribution in [0.5, 0.6) is 0 Å². The van der Waals surface area contributed by atoms with Crippen LogP contribution >= 0.6 is 15.9 Å². The Balaban J connectivity index is 1.26. The minimum Gasteiger partial charge on any atom is -0.368 e. The largest absolute Gasteiger partial charge is 0.368 e. The molecule has 164 valence electrons. The third-order valence-corrected chi connectivity index (χ3v) is 7.17. The Morgan fingerprint density at radius 3 is 2.29 bits per heavy atom. The van der Waals surface area contributed by atoms with Crippen molar-refractivity contribution in [3.63, 3.8) is 0 Å². The maximum absolute atomic E-state index is 12.6. The summed E-state index contributed by atoms with van der Waals surface area (Å²) in [6.07, 6.45) is 7.05. The zero-order valence-corrected chi connectivity index (χ0v) is 19.4. The van der Waals surface area contributed by atoms with E-state index < -0.39 is 0 Å². The molecule has 0 spiro atoms. The van der Waals surface area contributed by atoms with Crippen LogP contribution in [-0.2, 0) is 4.79 Å². The lowest BCUT2D eigenvalue weighted by Crippen LogP contribution is -2.48. The van der Waals surface area contributed by atoms with Gasteiger partial charge in [0.05, 0.1) is 5.56 Å². The van der Waals surface area contributed by atoms with Crippen LogP contribution in [0, 0.1) is 5.92 Å². The molecule has 0 unspecified atom stereocenters. The predicted molar refractivity (Wildman–Crippen MR) is 129 cm³/mol. The first-order valence-electron chi connectivity index (χ1n) is 11.3. The van der Waals surface area contributed by atoms with Gasteiger partial charge in [0.1, 0.15) is 0 Å². The topological polar surface area (TPSA) is 52.7 Å². The lowest BCUT2D eigenvalue weighted by atomic mass is 10.0. The van der Waals surface area contributed by atoms with Crippen molar-refractivity contribution in [2.24, 2.45) is 5.92 Å². The first kappa shape index (κ1) is 21.9. The van der Waals surface area contributed by atoms with E-state index in [1.807, 2.05) is 47.4 Å². The summed E-state index contributed by atoms with van der Waals surface area (Å²) >= 11 is 3.42. The van der Waals surface area contributed by atoms with Crippen molar-refractivity contribution in [1.82, 2.24) is 4.90 Å². The molecule has 4 rings (SSSR count). The zero-order valence-electron chi connectivity index (χ0n) is 17.9. The van der Waals surface area contributed by atoms with E-state index in [2.05, 4.69) is 26.1 Å². The molecule has 5 nitrogen and oxygen atoms in total. The summed E-state index contributed by atoms with van der Waals surface area (Å²) < 4.78 is 0.778. The van der Waals surface area contributed by atoms with Crippen molar-refractivity contribution in [3.8, 4) is 0 Å². The van der Waals surface area contributed by atoms with Gasteiger partial charge in [-0.1, -0.05) is 37.8 Å². The number of nitrogens with one attached hydrogen (secondary N) is 1. The normalized spacial score (nSPS) is 17.1. The summed E-state index contributed by atoms with van der Waals surface area (Å²) in [4.78, 5) is 29.4. The van der Waals surface area contributed by atoms with Crippen LogP contribution in [0.25, 0.3) is 0 Å². The average molecular weight is 484 g/mol. The Kier molecular flexibility index (Phi) is 7.28. The van der Waals surface area contributed by atoms with Crippen LogP contribution in [0.2, 0.25) is 0 Å². The van der Waals surface area contributed by atoms with Crippen LogP contribution in [0.1, 0.15) is 48.9 Å². The van der Waals surface area contributed by atoms with Crippen molar-refractivity contribution in [1.29, 1.82) is 0 Å². The van der Waals surface area contributed by atoms with Gasteiger partial charge < -0.3 is 15.1 Å². The van der Waals surface area contributed by atoms with Crippen molar-refractivity contribution in [2.75, 3.05) is 36.4 Å². The fraction of sp³-hybridized carbons (Fsp3) is 0.440. The van der Waals surface area contributed by atoms with Gasteiger partial charge in [-0.25, -0.2) is 0 Å². The number of anilines is 2. The van der Waals surface area contributed by atoms with Crippen LogP contribution in [0.15, 0.2) is 53.0 Å². The molecule has 1 aliphatic heterocycles. The van der Waals surface area contributed by atoms with Crippen molar-refractivity contribution in [3.05, 3.63) is 58.6 Å². The van der Waals surface area contributed by atoms with Crippen molar-refractivity contribution >= 4 is 39.1 Å². The number of carbonyl (C=O) groups is 2. The van der Waals surface area contributed by atoms with Crippen molar-refractivity contribution in [2.45, 2.75) is 38.5 Å². The molecule has 1 heterocycles. The smallest absolute Gasteiger partial charge is 0.256 e. The number of hydrogen-bond acceptors (Lipinski definition) is 3. The number of carbonyl (C=O) groups excluding carboxylic acids is 2. The fourth-order valence-electron chi connectivity index (χ4n) is 4.60. The van der Waals surface area contributed by atoms with Gasteiger partial charge in [0.15, 0.2) is 0 Å². The zero-order chi connectivity index (χ0) is 21.6. The number of halogens is 1. The maximum atomic E-state index is 12.6. The summed E-state index contributed by atoms with van der Waals surface area (Å²) in [6, 6.07) is 15.3. The summed E-state index contributed by atoms with van der Waals surface area (Å²) in [5.74, 6) is 0.953. The molecule has 31 heavy (non-hydrogen) atoms. The third-order valence-electron chi connectivity index (χ3n) is 6.48. The molecule has 0 atom stereocenters. The minimum atomic E-state index is -0.134. The highest BCUT2D eigenvalue weighted by atomic mass is 79.9. The molecule has 2 aromatic rings. The first-order valence-corrected chi connectivity index (χ1v) is 12.1. The molecule has 2 aliphatic rings. The summed E-state index contributed by atoms with van der Waals surface area (Å²) in [7, 11) is 0. The van der Waals surface area contributed by atoms with Crippen LogP contribution < -0.4 is 10.2 Å². The van der Waals surface area contributed by atoms with Crippen LogP contribution in [0.3, 0.4) is 0 Å². The van der Waals surface area contributed by atoms with Gasteiger partial charge in [0, 0.05) is 48.4 Å². The summed E-state index contributed by atoms with van der Waals surface area (Å²) in [6.45, 7) is 3.25. The number of hydrogen-bond donors (Lipinski definition) is 1. The van der Waals surface area contributed by atoms with E-state index >= 15 is 0 Å². The average Bonchev–Trinajstić information content (AvgIpc) is 3.32. The van der Waals surface area contributed by atoms with Crippen LogP contribution in [0.4, 0.5) is 11.4 Å². The van der Waals surface area contributed by atoms with Gasteiger partial charge in [-0.05, 0) is 64.7 Å². The molecule has 2 fully saturated rings. The number of nitrogens with zero attached hydrogens (tertiary/aromatic N) is 2. The van der Waals surface area contributed by atoms with E-state index in [1.54, 1.807) is 6.07 Å². The molecular weight excluding hydrogens is 454 g/mol. The number of piperazine rings is 1. The highest BCUT2D eigenvalue weighted by Gasteiger charge is 2.23. The predicted octanol–water partition coefficient (Wildman–Crippen LogP) is 5.32. The second kappa shape index (κ2) is 10.3. The molecule has 1 saturated heterocycles. The molecule has 0 bridgehead atoms. The summed E-state index contributed by atoms with van der Waals surface area (Å²) in [5, 5.41) is 2.95. The molecule has 2 amide bonds. The quantitative estimate of drug-likeness (QED) is 0.604. The third kappa shape index (κ3) is 5.67. The van der Waals surface area contributed by atoms with Crippen LogP contribution in [-0.4, -0.2) is 42.9 Å². The van der Waals surface area contributed by atoms with Gasteiger partial charge >= 0.3 is 0 Å². The van der Waals surface area contributed by atoms with E-state index in [0.29, 0.717) is 17.9 Å². The Bertz CT molecular complexity index is 901. The number of rotatable bonds is 6. The standard InChI is InChI=1S/C25H30BrN3O2/c26-23-8-4-3-7-22(23)25(31)27-20-10-12-21(13-11-20)28-15-17-29(18-16-28)24(30)14-9-19-5-1-2-6-19/h3-4,7-8,10-13,19H,1-2,5-6,9,14-18H2,(H,27,31). The van der Waals surface area contributed by atoms with Gasteiger partial charge in [0.2, 0.25) is 5.91 Å². The lowest BCUT2D eigenvalue weighted by Gasteiger charge is -2.36. The Morgan fingerprint density at radius 1 is 0.935 bits per heavy atom. The lowest BCUT2D eigenvalue weighted by molar-refractivity contribution is -0.131. The molecular formula is C25H30BrN3O2. The van der Waals surface area contributed by atoms with Crippen molar-refractivity contribution < 1.29 is 9.59 Å². The molecule has 1 N–H and O–H groups in total. The molecule has 1 aliphatic carbocycles.